The Morgan fingerprint density at radius 1 is 1.72 bits per heavy atom. The van der Waals surface area contributed by atoms with Gasteiger partial charge in [-0.15, -0.1) is 0 Å². The number of hydrogen-bond donors (Lipinski definition) is 1. The number of carboxylic acids is 1. The number of aromatic nitrogens is 1. The van der Waals surface area contributed by atoms with Gasteiger partial charge in [0.2, 0.25) is 0 Å². The molecule has 0 radical (unpaired) electrons. The van der Waals surface area contributed by atoms with Gasteiger partial charge in [0.25, 0.3) is 0 Å². The molecule has 0 aliphatic carbocycles. The zero-order chi connectivity index (χ0) is 13.3. The molecule has 1 fully saturated rings. The Labute approximate surface area is 115 Å². The number of aromatic carboxylic acids is 1. The van der Waals surface area contributed by atoms with Crippen LogP contribution in [0, 0.1) is 0 Å². The molecule has 0 bridgehead atoms. The Hall–Kier alpha value is -0.850. The molecule has 1 unspecified atom stereocenters. The van der Waals surface area contributed by atoms with Gasteiger partial charge >= 0.3 is 5.97 Å². The van der Waals surface area contributed by atoms with E-state index in [0.717, 1.165) is 24.4 Å². The number of likely N-dealkylation sites (N-methyl/N-ethyl adjacent to an activating group) is 2. The number of hydrogen-bond acceptors (Lipinski definition) is 5. The summed E-state index contributed by atoms with van der Waals surface area (Å²) in [4.78, 5) is 19.4. The number of rotatable bonds is 4. The van der Waals surface area contributed by atoms with Gasteiger partial charge in [-0.1, -0.05) is 22.9 Å². The quantitative estimate of drug-likeness (QED) is 0.919. The van der Waals surface area contributed by atoms with Crippen molar-refractivity contribution in [3.63, 3.8) is 0 Å². The molecule has 1 saturated heterocycles. The Morgan fingerprint density at radius 2 is 2.44 bits per heavy atom. The van der Waals surface area contributed by atoms with Gasteiger partial charge in [0, 0.05) is 19.6 Å². The van der Waals surface area contributed by atoms with Gasteiger partial charge in [0.05, 0.1) is 0 Å². The van der Waals surface area contributed by atoms with Crippen LogP contribution in [-0.4, -0.2) is 54.2 Å². The summed E-state index contributed by atoms with van der Waals surface area (Å²) in [6.45, 7) is 1.97. The molecule has 0 aromatic carbocycles. The summed E-state index contributed by atoms with van der Waals surface area (Å²) in [7, 11) is 4.04. The topological polar surface area (TPSA) is 56.7 Å². The summed E-state index contributed by atoms with van der Waals surface area (Å²) in [6.07, 6.45) is 2.39. The van der Waals surface area contributed by atoms with Crippen LogP contribution in [0.4, 0.5) is 5.13 Å². The second kappa shape index (κ2) is 5.42. The first kappa shape index (κ1) is 13.6. The van der Waals surface area contributed by atoms with Crippen molar-refractivity contribution in [2.45, 2.75) is 18.9 Å². The highest BCUT2D eigenvalue weighted by atomic mass is 35.5. The van der Waals surface area contributed by atoms with Gasteiger partial charge in [-0.05, 0) is 26.4 Å². The van der Waals surface area contributed by atoms with Gasteiger partial charge in [-0.2, -0.15) is 0 Å². The maximum absolute atomic E-state index is 10.9. The van der Waals surface area contributed by atoms with E-state index in [1.54, 1.807) is 0 Å². The van der Waals surface area contributed by atoms with Crippen LogP contribution in [-0.2, 0) is 0 Å². The first-order valence-electron chi connectivity index (χ1n) is 5.80. The number of halogens is 1. The molecule has 100 valence electrons. The minimum absolute atomic E-state index is 0.0779. The fraction of sp³-hybridized carbons (Fsp3) is 0.636. The third-order valence-electron chi connectivity index (χ3n) is 3.25. The molecule has 1 aliphatic rings. The molecule has 0 amide bonds. The van der Waals surface area contributed by atoms with Crippen molar-refractivity contribution in [2.24, 2.45) is 0 Å². The Balaban J connectivity index is 2.06. The SMILES string of the molecule is CN(CC1CCCN1C)c1nc(Cl)c(C(=O)O)s1. The summed E-state index contributed by atoms with van der Waals surface area (Å²) < 4.78 is 0. The number of likely N-dealkylation sites (tertiary alicyclic amines) is 1. The second-order valence-corrected chi connectivity index (χ2v) is 5.91. The predicted molar refractivity (Wildman–Crippen MR) is 73.0 cm³/mol. The number of carbonyl (C=O) groups is 1. The largest absolute Gasteiger partial charge is 0.477 e. The molecule has 2 rings (SSSR count). The van der Waals surface area contributed by atoms with Crippen LogP contribution in [0.5, 0.6) is 0 Å². The number of thiazole rings is 1. The molecule has 1 aliphatic heterocycles. The molecule has 1 aromatic rings. The zero-order valence-corrected chi connectivity index (χ0v) is 12.0. The van der Waals surface area contributed by atoms with Gasteiger partial charge in [-0.3, -0.25) is 0 Å². The van der Waals surface area contributed by atoms with Crippen molar-refractivity contribution in [3.05, 3.63) is 10.0 Å². The van der Waals surface area contributed by atoms with Crippen LogP contribution in [0.1, 0.15) is 22.5 Å². The van der Waals surface area contributed by atoms with E-state index < -0.39 is 5.97 Å². The minimum Gasteiger partial charge on any atom is -0.477 e. The Kier molecular flexibility index (Phi) is 4.09. The van der Waals surface area contributed by atoms with E-state index in [1.165, 1.54) is 12.8 Å². The van der Waals surface area contributed by atoms with Crippen LogP contribution in [0.2, 0.25) is 5.15 Å². The number of anilines is 1. The van der Waals surface area contributed by atoms with E-state index in [2.05, 4.69) is 16.9 Å². The standard InChI is InChI=1S/C11H16ClN3O2S/c1-14-5-3-4-7(14)6-15(2)11-13-9(12)8(18-11)10(16)17/h7H,3-6H2,1-2H3,(H,16,17). The maximum Gasteiger partial charge on any atom is 0.349 e. The second-order valence-electron chi connectivity index (χ2n) is 4.58. The summed E-state index contributed by atoms with van der Waals surface area (Å²) >= 11 is 6.94. The van der Waals surface area contributed by atoms with Crippen molar-refractivity contribution >= 4 is 34.0 Å². The van der Waals surface area contributed by atoms with Gasteiger partial charge in [-0.25, -0.2) is 9.78 Å². The van der Waals surface area contributed by atoms with Crippen LogP contribution >= 0.6 is 22.9 Å². The highest BCUT2D eigenvalue weighted by Crippen LogP contribution is 2.29. The van der Waals surface area contributed by atoms with E-state index in [1.807, 2.05) is 11.9 Å². The lowest BCUT2D eigenvalue weighted by atomic mass is 10.2. The molecule has 18 heavy (non-hydrogen) atoms. The van der Waals surface area contributed by atoms with Gasteiger partial charge in [0.15, 0.2) is 15.2 Å². The number of nitrogens with zero attached hydrogens (tertiary/aromatic N) is 3. The zero-order valence-electron chi connectivity index (χ0n) is 10.4. The monoisotopic (exact) mass is 289 g/mol. The molecular weight excluding hydrogens is 274 g/mol. The van der Waals surface area contributed by atoms with Gasteiger partial charge < -0.3 is 14.9 Å². The molecule has 1 atom stereocenters. The highest BCUT2D eigenvalue weighted by molar-refractivity contribution is 7.18. The molecule has 0 saturated carbocycles. The third-order valence-corrected chi connectivity index (χ3v) is 4.79. The summed E-state index contributed by atoms with van der Waals surface area (Å²) in [6, 6.07) is 0.506. The van der Waals surface area contributed by atoms with Gasteiger partial charge in [0.1, 0.15) is 0 Å². The molecular formula is C11H16ClN3O2S. The smallest absolute Gasteiger partial charge is 0.349 e. The molecule has 1 N–H and O–H groups in total. The van der Waals surface area contributed by atoms with E-state index in [9.17, 15) is 4.79 Å². The van der Waals surface area contributed by atoms with E-state index >= 15 is 0 Å². The lowest BCUT2D eigenvalue weighted by molar-refractivity contribution is 0.0702. The van der Waals surface area contributed by atoms with Crippen LogP contribution in [0.15, 0.2) is 0 Å². The van der Waals surface area contributed by atoms with Crippen molar-refractivity contribution in [1.82, 2.24) is 9.88 Å². The van der Waals surface area contributed by atoms with Crippen molar-refractivity contribution < 1.29 is 9.90 Å². The average molecular weight is 290 g/mol. The van der Waals surface area contributed by atoms with Crippen LogP contribution < -0.4 is 4.90 Å². The summed E-state index contributed by atoms with van der Waals surface area (Å²) in [5.74, 6) is -1.02. The Morgan fingerprint density at radius 3 is 2.94 bits per heavy atom. The molecule has 0 spiro atoms. The average Bonchev–Trinajstić information content (AvgIpc) is 2.86. The molecule has 5 nitrogen and oxygen atoms in total. The molecule has 1 aromatic heterocycles. The first-order valence-corrected chi connectivity index (χ1v) is 6.99. The van der Waals surface area contributed by atoms with Crippen LogP contribution in [0.25, 0.3) is 0 Å². The maximum atomic E-state index is 10.9. The highest BCUT2D eigenvalue weighted by Gasteiger charge is 2.24. The normalized spacial score (nSPS) is 20.3. The summed E-state index contributed by atoms with van der Waals surface area (Å²) in [5.41, 5.74) is 0. The Bertz CT molecular complexity index is 451. The van der Waals surface area contributed by atoms with Crippen molar-refractivity contribution in [3.8, 4) is 0 Å². The van der Waals surface area contributed by atoms with Crippen molar-refractivity contribution in [2.75, 3.05) is 32.1 Å². The summed E-state index contributed by atoms with van der Waals surface area (Å²) in [5, 5.41) is 9.69. The molecule has 7 heteroatoms. The third kappa shape index (κ3) is 2.76. The fourth-order valence-corrected chi connectivity index (χ4v) is 3.28. The molecule has 2 heterocycles. The first-order chi connectivity index (χ1) is 8.49. The fourth-order valence-electron chi connectivity index (χ4n) is 2.19. The van der Waals surface area contributed by atoms with E-state index in [0.29, 0.717) is 11.2 Å². The lowest BCUT2D eigenvalue weighted by Crippen LogP contribution is -2.36. The van der Waals surface area contributed by atoms with Crippen molar-refractivity contribution in [1.29, 1.82) is 0 Å². The minimum atomic E-state index is -1.02. The van der Waals surface area contributed by atoms with Crippen LogP contribution in [0.3, 0.4) is 0 Å². The predicted octanol–water partition coefficient (Wildman–Crippen LogP) is 2.03. The van der Waals surface area contributed by atoms with E-state index in [-0.39, 0.29) is 10.0 Å². The van der Waals surface area contributed by atoms with E-state index in [4.69, 9.17) is 16.7 Å². The number of carboxylic acid groups (broad SMARTS) is 1. The lowest BCUT2D eigenvalue weighted by Gasteiger charge is -2.25.